The van der Waals surface area contributed by atoms with E-state index in [0.29, 0.717) is 4.64 Å². The van der Waals surface area contributed by atoms with Crippen LogP contribution in [-0.2, 0) is 6.42 Å². The summed E-state index contributed by atoms with van der Waals surface area (Å²) >= 11 is 5.35. The first-order chi connectivity index (χ1) is 8.63. The molecule has 0 spiro atoms. The third-order valence-electron chi connectivity index (χ3n) is 3.10. The molecule has 0 fully saturated rings. The SMILES string of the molecule is CCCc1nc(=S)c(C)c(-c2ccccc2C)[nH]1. The first-order valence-electron chi connectivity index (χ1n) is 6.29. The Kier molecular flexibility index (Phi) is 3.92. The van der Waals surface area contributed by atoms with E-state index in [0.717, 1.165) is 29.9 Å². The molecule has 0 aliphatic rings. The first-order valence-corrected chi connectivity index (χ1v) is 6.70. The number of hydrogen-bond acceptors (Lipinski definition) is 2. The van der Waals surface area contributed by atoms with Gasteiger partial charge in [0.15, 0.2) is 0 Å². The molecule has 1 aromatic heterocycles. The maximum atomic E-state index is 5.35. The second-order valence-electron chi connectivity index (χ2n) is 4.55. The summed E-state index contributed by atoms with van der Waals surface area (Å²) in [7, 11) is 0. The molecule has 2 aromatic rings. The molecule has 0 saturated carbocycles. The lowest BCUT2D eigenvalue weighted by molar-refractivity contribution is 0.829. The van der Waals surface area contributed by atoms with Crippen molar-refractivity contribution in [3.63, 3.8) is 0 Å². The number of rotatable bonds is 3. The number of nitrogens with one attached hydrogen (secondary N) is 1. The Bertz CT molecular complexity index is 614. The number of H-pyrrole nitrogens is 1. The van der Waals surface area contributed by atoms with Gasteiger partial charge in [0.2, 0.25) is 0 Å². The third kappa shape index (κ3) is 2.51. The maximum Gasteiger partial charge on any atom is 0.133 e. The second kappa shape index (κ2) is 5.44. The van der Waals surface area contributed by atoms with Crippen molar-refractivity contribution in [1.29, 1.82) is 0 Å². The fourth-order valence-electron chi connectivity index (χ4n) is 2.06. The Morgan fingerprint density at radius 2 is 1.94 bits per heavy atom. The summed E-state index contributed by atoms with van der Waals surface area (Å²) in [6.07, 6.45) is 2.00. The molecule has 0 atom stereocenters. The highest BCUT2D eigenvalue weighted by Gasteiger charge is 2.08. The minimum atomic E-state index is 0.704. The van der Waals surface area contributed by atoms with E-state index in [1.54, 1.807) is 0 Å². The molecular formula is C15H18N2S. The Morgan fingerprint density at radius 1 is 1.22 bits per heavy atom. The smallest absolute Gasteiger partial charge is 0.133 e. The van der Waals surface area contributed by atoms with E-state index in [4.69, 9.17) is 12.2 Å². The predicted molar refractivity (Wildman–Crippen MR) is 78.3 cm³/mol. The molecule has 2 rings (SSSR count). The molecule has 94 valence electrons. The van der Waals surface area contributed by atoms with Crippen LogP contribution in [-0.4, -0.2) is 9.97 Å². The van der Waals surface area contributed by atoms with Gasteiger partial charge in [-0.1, -0.05) is 43.4 Å². The highest BCUT2D eigenvalue weighted by Crippen LogP contribution is 2.24. The molecule has 0 amide bonds. The van der Waals surface area contributed by atoms with Gasteiger partial charge in [-0.05, 0) is 25.8 Å². The molecular weight excluding hydrogens is 240 g/mol. The highest BCUT2D eigenvalue weighted by atomic mass is 32.1. The van der Waals surface area contributed by atoms with Gasteiger partial charge in [0, 0.05) is 17.5 Å². The van der Waals surface area contributed by atoms with Crippen molar-refractivity contribution >= 4 is 12.2 Å². The maximum absolute atomic E-state index is 5.35. The van der Waals surface area contributed by atoms with Crippen molar-refractivity contribution in [2.75, 3.05) is 0 Å². The van der Waals surface area contributed by atoms with Crippen LogP contribution in [0.1, 0.15) is 30.3 Å². The van der Waals surface area contributed by atoms with Gasteiger partial charge in [-0.25, -0.2) is 4.98 Å². The fraction of sp³-hybridized carbons (Fsp3) is 0.333. The van der Waals surface area contributed by atoms with E-state index in [9.17, 15) is 0 Å². The molecule has 1 N–H and O–H groups in total. The number of benzene rings is 1. The Balaban J connectivity index is 2.63. The summed E-state index contributed by atoms with van der Waals surface area (Å²) < 4.78 is 0.704. The van der Waals surface area contributed by atoms with Crippen LogP contribution >= 0.6 is 12.2 Å². The standard InChI is InChI=1S/C15H18N2S/c1-4-7-13-16-14(11(3)15(18)17-13)12-9-6-5-8-10(12)2/h5-6,8-9H,4,7H2,1-3H3,(H,16,17,18). The average molecular weight is 258 g/mol. The Hall–Kier alpha value is -1.48. The van der Waals surface area contributed by atoms with Crippen LogP contribution in [0, 0.1) is 18.5 Å². The predicted octanol–water partition coefficient (Wildman–Crippen LogP) is 4.38. The second-order valence-corrected chi connectivity index (χ2v) is 4.94. The van der Waals surface area contributed by atoms with Gasteiger partial charge in [0.1, 0.15) is 10.5 Å². The van der Waals surface area contributed by atoms with E-state index < -0.39 is 0 Å². The van der Waals surface area contributed by atoms with Crippen LogP contribution in [0.25, 0.3) is 11.3 Å². The van der Waals surface area contributed by atoms with Crippen LogP contribution in [0.15, 0.2) is 24.3 Å². The monoisotopic (exact) mass is 258 g/mol. The van der Waals surface area contributed by atoms with E-state index in [2.05, 4.69) is 48.1 Å². The summed E-state index contributed by atoms with van der Waals surface area (Å²) in [5, 5.41) is 0. The van der Waals surface area contributed by atoms with Crippen LogP contribution in [0.4, 0.5) is 0 Å². The number of hydrogen-bond donors (Lipinski definition) is 1. The van der Waals surface area contributed by atoms with Gasteiger partial charge in [-0.15, -0.1) is 0 Å². The van der Waals surface area contributed by atoms with E-state index in [1.165, 1.54) is 11.1 Å². The average Bonchev–Trinajstić information content (AvgIpc) is 2.35. The quantitative estimate of drug-likeness (QED) is 0.828. The van der Waals surface area contributed by atoms with Gasteiger partial charge in [0.25, 0.3) is 0 Å². The molecule has 0 unspecified atom stereocenters. The largest absolute Gasteiger partial charge is 0.343 e. The Labute approximate surface area is 113 Å². The van der Waals surface area contributed by atoms with Gasteiger partial charge < -0.3 is 4.98 Å². The molecule has 3 heteroatoms. The molecule has 0 saturated heterocycles. The highest BCUT2D eigenvalue weighted by molar-refractivity contribution is 7.71. The minimum Gasteiger partial charge on any atom is -0.343 e. The van der Waals surface area contributed by atoms with Crippen molar-refractivity contribution in [1.82, 2.24) is 9.97 Å². The van der Waals surface area contributed by atoms with Crippen molar-refractivity contribution in [2.45, 2.75) is 33.6 Å². The van der Waals surface area contributed by atoms with Crippen LogP contribution in [0.5, 0.6) is 0 Å². The molecule has 18 heavy (non-hydrogen) atoms. The Morgan fingerprint density at radius 3 is 2.61 bits per heavy atom. The number of aryl methyl sites for hydroxylation is 2. The molecule has 2 nitrogen and oxygen atoms in total. The topological polar surface area (TPSA) is 28.7 Å². The van der Waals surface area contributed by atoms with Crippen LogP contribution in [0.3, 0.4) is 0 Å². The zero-order chi connectivity index (χ0) is 13.1. The van der Waals surface area contributed by atoms with Crippen LogP contribution < -0.4 is 0 Å². The normalized spacial score (nSPS) is 10.6. The van der Waals surface area contributed by atoms with Gasteiger partial charge in [-0.2, -0.15) is 0 Å². The molecule has 1 heterocycles. The van der Waals surface area contributed by atoms with Crippen molar-refractivity contribution < 1.29 is 0 Å². The van der Waals surface area contributed by atoms with Crippen molar-refractivity contribution in [2.24, 2.45) is 0 Å². The molecule has 1 aromatic carbocycles. The summed E-state index contributed by atoms with van der Waals surface area (Å²) in [5.41, 5.74) is 4.62. The lowest BCUT2D eigenvalue weighted by Crippen LogP contribution is -2.01. The zero-order valence-corrected chi connectivity index (χ0v) is 11.9. The molecule has 0 aliphatic heterocycles. The van der Waals surface area contributed by atoms with E-state index in [1.807, 2.05) is 6.92 Å². The summed E-state index contributed by atoms with van der Waals surface area (Å²) in [6, 6.07) is 8.35. The van der Waals surface area contributed by atoms with Crippen molar-refractivity contribution in [3.05, 3.63) is 45.9 Å². The summed E-state index contributed by atoms with van der Waals surface area (Å²) in [5.74, 6) is 0.978. The van der Waals surface area contributed by atoms with Gasteiger partial charge in [-0.3, -0.25) is 0 Å². The fourth-order valence-corrected chi connectivity index (χ4v) is 2.27. The zero-order valence-electron chi connectivity index (χ0n) is 11.1. The summed E-state index contributed by atoms with van der Waals surface area (Å²) in [6.45, 7) is 6.29. The van der Waals surface area contributed by atoms with Gasteiger partial charge in [0.05, 0.1) is 5.69 Å². The van der Waals surface area contributed by atoms with Crippen molar-refractivity contribution in [3.8, 4) is 11.3 Å². The lowest BCUT2D eigenvalue weighted by Gasteiger charge is -2.11. The minimum absolute atomic E-state index is 0.704. The molecule has 0 aliphatic carbocycles. The number of aromatic amines is 1. The third-order valence-corrected chi connectivity index (χ3v) is 3.50. The van der Waals surface area contributed by atoms with E-state index in [-0.39, 0.29) is 0 Å². The molecule has 0 radical (unpaired) electrons. The van der Waals surface area contributed by atoms with E-state index >= 15 is 0 Å². The molecule has 0 bridgehead atoms. The van der Waals surface area contributed by atoms with Gasteiger partial charge >= 0.3 is 0 Å². The number of aromatic nitrogens is 2. The lowest BCUT2D eigenvalue weighted by atomic mass is 10.0. The summed E-state index contributed by atoms with van der Waals surface area (Å²) in [4.78, 5) is 7.87. The number of nitrogens with zero attached hydrogens (tertiary/aromatic N) is 1. The first kappa shape index (κ1) is 13.0. The van der Waals surface area contributed by atoms with Crippen LogP contribution in [0.2, 0.25) is 0 Å².